The van der Waals surface area contributed by atoms with Crippen LogP contribution >= 0.6 is 11.6 Å². The Kier molecular flexibility index (Phi) is 4.86. The van der Waals surface area contributed by atoms with Gasteiger partial charge in [-0.05, 0) is 35.2 Å². The van der Waals surface area contributed by atoms with Crippen molar-refractivity contribution >= 4 is 17.4 Å². The van der Waals surface area contributed by atoms with Gasteiger partial charge in [0.15, 0.2) is 0 Å². The second-order valence-corrected chi connectivity index (χ2v) is 5.65. The first-order chi connectivity index (χ1) is 9.97. The lowest BCUT2D eigenvalue weighted by molar-refractivity contribution is 0.306. The van der Waals surface area contributed by atoms with Crippen LogP contribution in [0, 0.1) is 5.41 Å². The van der Waals surface area contributed by atoms with E-state index in [1.165, 1.54) is 5.56 Å². The van der Waals surface area contributed by atoms with Crippen LogP contribution in [0.25, 0.3) is 0 Å². The normalized spacial score (nSPS) is 10.7. The standard InChI is InChI=1S/C17H19ClN2O/c1-11(2)13-5-3-12(4-6-13)10-21-14-7-8-15(17(19)20)16(18)9-14/h3-9,11H,10H2,1-2H3,(H3,19,20). The third kappa shape index (κ3) is 3.99. The quantitative estimate of drug-likeness (QED) is 0.638. The SMILES string of the molecule is CC(C)c1ccc(COc2ccc(C(=N)N)c(Cl)c2)cc1. The summed E-state index contributed by atoms with van der Waals surface area (Å²) in [5.41, 5.74) is 8.36. The molecule has 0 saturated carbocycles. The molecule has 0 heterocycles. The van der Waals surface area contributed by atoms with E-state index in [0.717, 1.165) is 5.56 Å². The van der Waals surface area contributed by atoms with E-state index in [1.54, 1.807) is 18.2 Å². The predicted octanol–water partition coefficient (Wildman–Crippen LogP) is 4.33. The van der Waals surface area contributed by atoms with Crippen LogP contribution in [0.5, 0.6) is 5.75 Å². The number of rotatable bonds is 5. The lowest BCUT2D eigenvalue weighted by Crippen LogP contribution is -2.11. The third-order valence-corrected chi connectivity index (χ3v) is 3.60. The van der Waals surface area contributed by atoms with Crippen LogP contribution < -0.4 is 10.5 Å². The minimum atomic E-state index is -0.0455. The molecule has 0 aliphatic carbocycles. The third-order valence-electron chi connectivity index (χ3n) is 3.28. The van der Waals surface area contributed by atoms with Crippen LogP contribution in [0.2, 0.25) is 5.02 Å². The van der Waals surface area contributed by atoms with Gasteiger partial charge in [-0.15, -0.1) is 0 Å². The Labute approximate surface area is 130 Å². The number of halogens is 1. The molecule has 0 spiro atoms. The molecule has 0 unspecified atom stereocenters. The Balaban J connectivity index is 2.03. The van der Waals surface area contributed by atoms with Crippen LogP contribution in [-0.2, 0) is 6.61 Å². The van der Waals surface area contributed by atoms with Gasteiger partial charge in [-0.1, -0.05) is 49.7 Å². The highest BCUT2D eigenvalue weighted by Gasteiger charge is 2.05. The molecule has 21 heavy (non-hydrogen) atoms. The molecule has 3 N–H and O–H groups in total. The van der Waals surface area contributed by atoms with Crippen LogP contribution in [0.4, 0.5) is 0 Å². The summed E-state index contributed by atoms with van der Waals surface area (Å²) in [5.74, 6) is 1.15. The summed E-state index contributed by atoms with van der Waals surface area (Å²) in [6, 6.07) is 13.5. The van der Waals surface area contributed by atoms with Crippen LogP contribution in [0.1, 0.15) is 36.5 Å². The van der Waals surface area contributed by atoms with Gasteiger partial charge >= 0.3 is 0 Å². The average molecular weight is 303 g/mol. The van der Waals surface area contributed by atoms with Gasteiger partial charge < -0.3 is 10.5 Å². The first kappa shape index (κ1) is 15.4. The summed E-state index contributed by atoms with van der Waals surface area (Å²) in [4.78, 5) is 0. The molecule has 110 valence electrons. The fourth-order valence-corrected chi connectivity index (χ4v) is 2.24. The number of nitrogen functional groups attached to an aromatic ring is 1. The second-order valence-electron chi connectivity index (χ2n) is 5.24. The molecule has 4 heteroatoms. The van der Waals surface area contributed by atoms with Gasteiger partial charge in [0.05, 0.1) is 5.02 Å². The molecule has 0 atom stereocenters. The predicted molar refractivity (Wildman–Crippen MR) is 87.3 cm³/mol. The van der Waals surface area contributed by atoms with Crippen LogP contribution in [0.3, 0.4) is 0 Å². The lowest BCUT2D eigenvalue weighted by atomic mass is 10.0. The van der Waals surface area contributed by atoms with E-state index >= 15 is 0 Å². The highest BCUT2D eigenvalue weighted by Crippen LogP contribution is 2.23. The smallest absolute Gasteiger partial charge is 0.124 e. The van der Waals surface area contributed by atoms with Crippen molar-refractivity contribution in [2.24, 2.45) is 5.73 Å². The van der Waals surface area contributed by atoms with Gasteiger partial charge in [0, 0.05) is 5.56 Å². The minimum Gasteiger partial charge on any atom is -0.489 e. The molecule has 0 bridgehead atoms. The fraction of sp³-hybridized carbons (Fsp3) is 0.235. The van der Waals surface area contributed by atoms with Gasteiger partial charge in [0.2, 0.25) is 0 Å². The Hall–Kier alpha value is -2.00. The zero-order valence-electron chi connectivity index (χ0n) is 12.2. The van der Waals surface area contributed by atoms with E-state index in [-0.39, 0.29) is 5.84 Å². The van der Waals surface area contributed by atoms with Crippen LogP contribution in [-0.4, -0.2) is 5.84 Å². The molecule has 0 radical (unpaired) electrons. The van der Waals surface area contributed by atoms with Crippen molar-refractivity contribution in [1.82, 2.24) is 0 Å². The van der Waals surface area contributed by atoms with Crippen molar-refractivity contribution in [2.45, 2.75) is 26.4 Å². The van der Waals surface area contributed by atoms with Crippen molar-refractivity contribution in [3.8, 4) is 5.75 Å². The number of hydrogen-bond donors (Lipinski definition) is 2. The van der Waals surface area contributed by atoms with Gasteiger partial charge in [-0.25, -0.2) is 0 Å². The van der Waals surface area contributed by atoms with Crippen molar-refractivity contribution < 1.29 is 4.74 Å². The summed E-state index contributed by atoms with van der Waals surface area (Å²) < 4.78 is 5.71. The molecule has 0 amide bonds. The number of nitrogens with two attached hydrogens (primary N) is 1. The number of ether oxygens (including phenoxy) is 1. The van der Waals surface area contributed by atoms with Gasteiger partial charge in [-0.3, -0.25) is 5.41 Å². The topological polar surface area (TPSA) is 59.1 Å². The molecule has 2 aromatic rings. The molecule has 2 aromatic carbocycles. The maximum absolute atomic E-state index is 7.39. The zero-order chi connectivity index (χ0) is 15.4. The van der Waals surface area contributed by atoms with E-state index in [0.29, 0.717) is 28.9 Å². The highest BCUT2D eigenvalue weighted by atomic mass is 35.5. The number of hydrogen-bond acceptors (Lipinski definition) is 2. The summed E-state index contributed by atoms with van der Waals surface area (Å²) in [6.45, 7) is 4.82. The van der Waals surface area contributed by atoms with Gasteiger partial charge in [-0.2, -0.15) is 0 Å². The summed E-state index contributed by atoms with van der Waals surface area (Å²) >= 11 is 6.06. The van der Waals surface area contributed by atoms with E-state index in [9.17, 15) is 0 Å². The lowest BCUT2D eigenvalue weighted by Gasteiger charge is -2.10. The minimum absolute atomic E-state index is 0.0455. The summed E-state index contributed by atoms with van der Waals surface area (Å²) in [5, 5.41) is 7.82. The highest BCUT2D eigenvalue weighted by molar-refractivity contribution is 6.34. The largest absolute Gasteiger partial charge is 0.489 e. The molecule has 0 aromatic heterocycles. The number of benzene rings is 2. The Morgan fingerprint density at radius 2 is 1.86 bits per heavy atom. The number of amidine groups is 1. The summed E-state index contributed by atoms with van der Waals surface area (Å²) in [7, 11) is 0. The first-order valence-corrected chi connectivity index (χ1v) is 7.20. The molecule has 3 nitrogen and oxygen atoms in total. The van der Waals surface area contributed by atoms with E-state index in [1.807, 2.05) is 0 Å². The van der Waals surface area contributed by atoms with Crippen LogP contribution in [0.15, 0.2) is 42.5 Å². The first-order valence-electron chi connectivity index (χ1n) is 6.83. The van der Waals surface area contributed by atoms with Crippen molar-refractivity contribution in [2.75, 3.05) is 0 Å². The van der Waals surface area contributed by atoms with E-state index in [2.05, 4.69) is 38.1 Å². The van der Waals surface area contributed by atoms with Crippen molar-refractivity contribution in [3.05, 3.63) is 64.2 Å². The van der Waals surface area contributed by atoms with E-state index in [4.69, 9.17) is 27.5 Å². The fourth-order valence-electron chi connectivity index (χ4n) is 1.97. The average Bonchev–Trinajstić information content (AvgIpc) is 2.45. The molecule has 0 aliphatic heterocycles. The maximum Gasteiger partial charge on any atom is 0.124 e. The van der Waals surface area contributed by atoms with Gasteiger partial charge in [0.1, 0.15) is 18.2 Å². The molecular formula is C17H19ClN2O. The molecule has 0 aliphatic rings. The Morgan fingerprint density at radius 3 is 2.38 bits per heavy atom. The monoisotopic (exact) mass is 302 g/mol. The summed E-state index contributed by atoms with van der Waals surface area (Å²) in [6.07, 6.45) is 0. The van der Waals surface area contributed by atoms with E-state index < -0.39 is 0 Å². The molecule has 2 rings (SSSR count). The molecule has 0 fully saturated rings. The Bertz CT molecular complexity index is 636. The maximum atomic E-state index is 7.39. The molecular weight excluding hydrogens is 284 g/mol. The van der Waals surface area contributed by atoms with Crippen molar-refractivity contribution in [3.63, 3.8) is 0 Å². The zero-order valence-corrected chi connectivity index (χ0v) is 12.9. The number of nitrogens with one attached hydrogen (secondary N) is 1. The van der Waals surface area contributed by atoms with Crippen molar-refractivity contribution in [1.29, 1.82) is 5.41 Å². The molecule has 0 saturated heterocycles. The Morgan fingerprint density at radius 1 is 1.19 bits per heavy atom. The van der Waals surface area contributed by atoms with Gasteiger partial charge in [0.25, 0.3) is 0 Å². The second kappa shape index (κ2) is 6.64.